The second-order valence-corrected chi connectivity index (χ2v) is 6.61. The van der Waals surface area contributed by atoms with E-state index in [9.17, 15) is 0 Å². The molecule has 1 unspecified atom stereocenters. The summed E-state index contributed by atoms with van der Waals surface area (Å²) < 4.78 is 0. The Labute approximate surface area is 99.8 Å². The molecule has 2 heteroatoms. The summed E-state index contributed by atoms with van der Waals surface area (Å²) in [6.45, 7) is 10.6. The van der Waals surface area contributed by atoms with Crippen LogP contribution in [0.25, 0.3) is 0 Å². The van der Waals surface area contributed by atoms with Crippen molar-refractivity contribution in [3.8, 4) is 0 Å². The van der Waals surface area contributed by atoms with Crippen molar-refractivity contribution >= 4 is 11.8 Å². The van der Waals surface area contributed by atoms with Gasteiger partial charge in [0, 0.05) is 11.8 Å². The molecule has 1 saturated heterocycles. The van der Waals surface area contributed by atoms with Crippen molar-refractivity contribution in [1.82, 2.24) is 5.32 Å². The monoisotopic (exact) mass is 229 g/mol. The zero-order valence-electron chi connectivity index (χ0n) is 10.8. The quantitative estimate of drug-likeness (QED) is 0.774. The molecular weight excluding hydrogens is 202 g/mol. The van der Waals surface area contributed by atoms with Gasteiger partial charge in [0.05, 0.1) is 0 Å². The number of hydrogen-bond donors (Lipinski definition) is 1. The number of thioether (sulfide) groups is 1. The van der Waals surface area contributed by atoms with Crippen LogP contribution in [0.5, 0.6) is 0 Å². The van der Waals surface area contributed by atoms with Gasteiger partial charge in [0.1, 0.15) is 0 Å². The summed E-state index contributed by atoms with van der Waals surface area (Å²) in [6, 6.07) is 0.719. The average Bonchev–Trinajstić information content (AvgIpc) is 2.21. The first-order valence-electron chi connectivity index (χ1n) is 6.41. The van der Waals surface area contributed by atoms with E-state index in [-0.39, 0.29) is 0 Å². The van der Waals surface area contributed by atoms with Crippen LogP contribution < -0.4 is 5.32 Å². The van der Waals surface area contributed by atoms with Crippen LogP contribution in [0.1, 0.15) is 47.0 Å². The van der Waals surface area contributed by atoms with Gasteiger partial charge >= 0.3 is 0 Å². The summed E-state index contributed by atoms with van der Waals surface area (Å²) in [7, 11) is 0. The van der Waals surface area contributed by atoms with E-state index >= 15 is 0 Å². The maximum absolute atomic E-state index is 3.79. The second kappa shape index (κ2) is 6.15. The maximum Gasteiger partial charge on any atom is 0.0209 e. The summed E-state index contributed by atoms with van der Waals surface area (Å²) >= 11 is 2.11. The Morgan fingerprint density at radius 1 is 1.33 bits per heavy atom. The third-order valence-electron chi connectivity index (χ3n) is 3.93. The molecule has 1 N–H and O–H groups in total. The Morgan fingerprint density at radius 2 is 2.00 bits per heavy atom. The molecule has 15 heavy (non-hydrogen) atoms. The summed E-state index contributed by atoms with van der Waals surface area (Å²) in [6.07, 6.45) is 3.98. The number of rotatable bonds is 5. The highest BCUT2D eigenvalue weighted by molar-refractivity contribution is 7.99. The van der Waals surface area contributed by atoms with Gasteiger partial charge in [-0.3, -0.25) is 0 Å². The molecule has 1 rings (SSSR count). The summed E-state index contributed by atoms with van der Waals surface area (Å²) in [5, 5.41) is 3.79. The van der Waals surface area contributed by atoms with Crippen LogP contribution in [0.3, 0.4) is 0 Å². The lowest BCUT2D eigenvalue weighted by Crippen LogP contribution is -2.48. The van der Waals surface area contributed by atoms with Crippen molar-refractivity contribution in [2.24, 2.45) is 11.3 Å². The molecule has 1 aliphatic rings. The molecule has 0 bridgehead atoms. The molecular formula is C13H27NS. The minimum atomic E-state index is 0.497. The van der Waals surface area contributed by atoms with Gasteiger partial charge in [-0.15, -0.1) is 0 Å². The lowest BCUT2D eigenvalue weighted by atomic mass is 9.82. The van der Waals surface area contributed by atoms with Crippen molar-refractivity contribution < 1.29 is 0 Å². The van der Waals surface area contributed by atoms with E-state index in [0.29, 0.717) is 5.41 Å². The molecule has 1 fully saturated rings. The fourth-order valence-electron chi connectivity index (χ4n) is 2.16. The second-order valence-electron chi connectivity index (χ2n) is 5.46. The molecule has 0 aromatic rings. The number of hydrogen-bond acceptors (Lipinski definition) is 2. The minimum absolute atomic E-state index is 0.497. The zero-order valence-corrected chi connectivity index (χ0v) is 11.6. The van der Waals surface area contributed by atoms with Crippen LogP contribution in [-0.4, -0.2) is 24.1 Å². The van der Waals surface area contributed by atoms with Gasteiger partial charge in [0.2, 0.25) is 0 Å². The predicted octanol–water partition coefficient (Wildman–Crippen LogP) is 3.54. The van der Waals surface area contributed by atoms with Crippen LogP contribution in [0.15, 0.2) is 0 Å². The van der Waals surface area contributed by atoms with Crippen LogP contribution in [0.4, 0.5) is 0 Å². The topological polar surface area (TPSA) is 12.0 Å². The van der Waals surface area contributed by atoms with Crippen molar-refractivity contribution in [1.29, 1.82) is 0 Å². The van der Waals surface area contributed by atoms with Crippen LogP contribution >= 0.6 is 11.8 Å². The molecule has 0 saturated carbocycles. The molecule has 1 heterocycles. The highest BCUT2D eigenvalue weighted by Crippen LogP contribution is 2.34. The lowest BCUT2D eigenvalue weighted by molar-refractivity contribution is 0.235. The van der Waals surface area contributed by atoms with Gasteiger partial charge in [-0.25, -0.2) is 0 Å². The fourth-order valence-corrected chi connectivity index (χ4v) is 3.80. The van der Waals surface area contributed by atoms with Crippen LogP contribution in [-0.2, 0) is 0 Å². The summed E-state index contributed by atoms with van der Waals surface area (Å²) in [5.74, 6) is 3.51. The van der Waals surface area contributed by atoms with Gasteiger partial charge in [0.25, 0.3) is 0 Å². The Balaban J connectivity index is 2.35. The van der Waals surface area contributed by atoms with Gasteiger partial charge in [-0.1, -0.05) is 40.5 Å². The van der Waals surface area contributed by atoms with Crippen LogP contribution in [0, 0.1) is 11.3 Å². The van der Waals surface area contributed by atoms with Gasteiger partial charge in [-0.2, -0.15) is 11.8 Å². The van der Waals surface area contributed by atoms with E-state index in [2.05, 4.69) is 44.8 Å². The molecule has 1 atom stereocenters. The fraction of sp³-hybridized carbons (Fsp3) is 1.00. The van der Waals surface area contributed by atoms with Gasteiger partial charge < -0.3 is 5.32 Å². The highest BCUT2D eigenvalue weighted by atomic mass is 32.2. The van der Waals surface area contributed by atoms with E-state index in [4.69, 9.17) is 0 Å². The Morgan fingerprint density at radius 3 is 2.53 bits per heavy atom. The molecule has 0 aromatic heterocycles. The predicted molar refractivity (Wildman–Crippen MR) is 71.6 cm³/mol. The summed E-state index contributed by atoms with van der Waals surface area (Å²) in [5.41, 5.74) is 0.497. The van der Waals surface area contributed by atoms with Crippen molar-refractivity contribution in [2.45, 2.75) is 53.0 Å². The molecule has 0 spiro atoms. The molecule has 1 nitrogen and oxygen atoms in total. The lowest BCUT2D eigenvalue weighted by Gasteiger charge is -2.39. The first-order chi connectivity index (χ1) is 7.10. The first kappa shape index (κ1) is 13.4. The van der Waals surface area contributed by atoms with Crippen molar-refractivity contribution in [3.63, 3.8) is 0 Å². The molecule has 0 radical (unpaired) electrons. The van der Waals surface area contributed by atoms with Crippen molar-refractivity contribution in [2.75, 3.05) is 18.1 Å². The Hall–Kier alpha value is 0.310. The van der Waals surface area contributed by atoms with E-state index in [1.807, 2.05) is 0 Å². The van der Waals surface area contributed by atoms with Crippen molar-refractivity contribution in [3.05, 3.63) is 0 Å². The molecule has 0 aliphatic carbocycles. The largest absolute Gasteiger partial charge is 0.312 e. The molecule has 0 aromatic carbocycles. The van der Waals surface area contributed by atoms with Gasteiger partial charge in [0.15, 0.2) is 0 Å². The molecule has 90 valence electrons. The maximum atomic E-state index is 3.79. The highest BCUT2D eigenvalue weighted by Gasteiger charge is 2.32. The standard InChI is InChI=1S/C13H27NS/c1-5-11(6-2)9-14-12-10-15-8-7-13(12,3)4/h11-12,14H,5-10H2,1-4H3. The average molecular weight is 229 g/mol. The van der Waals surface area contributed by atoms with Crippen LogP contribution in [0.2, 0.25) is 0 Å². The number of nitrogens with one attached hydrogen (secondary N) is 1. The first-order valence-corrected chi connectivity index (χ1v) is 7.56. The Kier molecular flexibility index (Phi) is 5.48. The third-order valence-corrected chi connectivity index (χ3v) is 4.99. The zero-order chi connectivity index (χ0) is 11.3. The smallest absolute Gasteiger partial charge is 0.0209 e. The molecule has 1 aliphatic heterocycles. The Bertz CT molecular complexity index is 175. The minimum Gasteiger partial charge on any atom is -0.312 e. The van der Waals surface area contributed by atoms with E-state index in [1.54, 1.807) is 0 Å². The summed E-state index contributed by atoms with van der Waals surface area (Å²) in [4.78, 5) is 0. The van der Waals surface area contributed by atoms with E-state index in [0.717, 1.165) is 12.0 Å². The van der Waals surface area contributed by atoms with E-state index in [1.165, 1.54) is 37.3 Å². The van der Waals surface area contributed by atoms with Gasteiger partial charge in [-0.05, 0) is 30.1 Å². The normalized spacial score (nSPS) is 25.8. The molecule has 0 amide bonds. The third kappa shape index (κ3) is 3.99. The SMILES string of the molecule is CCC(CC)CNC1CSCCC1(C)C. The van der Waals surface area contributed by atoms with E-state index < -0.39 is 0 Å².